The average Bonchev–Trinajstić information content (AvgIpc) is 3.03. The topological polar surface area (TPSA) is 64.8 Å². The molecule has 0 amide bonds. The summed E-state index contributed by atoms with van der Waals surface area (Å²) in [5.41, 5.74) is 1.66. The number of anilines is 1. The predicted octanol–water partition coefficient (Wildman–Crippen LogP) is 2.46. The van der Waals surface area contributed by atoms with Crippen LogP contribution in [-0.2, 0) is 6.54 Å². The second-order valence-corrected chi connectivity index (χ2v) is 5.33. The molecule has 0 aliphatic rings. The minimum absolute atomic E-state index is 0.548. The average molecular weight is 364 g/mol. The van der Waals surface area contributed by atoms with Crippen LogP contribution in [0.5, 0.6) is 11.5 Å². The first-order valence-electron chi connectivity index (χ1n) is 6.51. The highest BCUT2D eigenvalue weighted by Gasteiger charge is 2.14. The molecule has 1 aromatic carbocycles. The van der Waals surface area contributed by atoms with Gasteiger partial charge in [-0.15, -0.1) is 0 Å². The van der Waals surface area contributed by atoms with Crippen molar-refractivity contribution in [2.45, 2.75) is 6.54 Å². The lowest BCUT2D eigenvalue weighted by Crippen LogP contribution is -2.13. The zero-order valence-corrected chi connectivity index (χ0v) is 13.7. The van der Waals surface area contributed by atoms with E-state index < -0.39 is 0 Å². The molecular weight excluding hydrogens is 350 g/mol. The number of benzene rings is 1. The molecule has 2 heterocycles. The summed E-state index contributed by atoms with van der Waals surface area (Å²) in [7, 11) is 3.26. The van der Waals surface area contributed by atoms with E-state index in [4.69, 9.17) is 9.47 Å². The van der Waals surface area contributed by atoms with Crippen molar-refractivity contribution >= 4 is 27.6 Å². The van der Waals surface area contributed by atoms with E-state index in [2.05, 4.69) is 31.2 Å². The third-order valence-electron chi connectivity index (χ3n) is 3.21. The van der Waals surface area contributed by atoms with Crippen molar-refractivity contribution in [3.05, 3.63) is 42.5 Å². The molecular formula is C14H14BrN5O2. The van der Waals surface area contributed by atoms with E-state index in [9.17, 15) is 0 Å². The van der Waals surface area contributed by atoms with E-state index in [0.29, 0.717) is 18.0 Å². The smallest absolute Gasteiger partial charge is 0.199 e. The van der Waals surface area contributed by atoms with Crippen molar-refractivity contribution in [3.63, 3.8) is 0 Å². The van der Waals surface area contributed by atoms with Gasteiger partial charge in [-0.05, 0) is 12.1 Å². The van der Waals surface area contributed by atoms with Gasteiger partial charge in [0.15, 0.2) is 11.5 Å². The van der Waals surface area contributed by atoms with E-state index in [1.807, 2.05) is 22.1 Å². The second-order valence-electron chi connectivity index (χ2n) is 4.48. The van der Waals surface area contributed by atoms with E-state index >= 15 is 0 Å². The summed E-state index contributed by atoms with van der Waals surface area (Å²) in [5, 5.41) is 4.10. The molecule has 0 aliphatic carbocycles. The predicted molar refractivity (Wildman–Crippen MR) is 85.4 cm³/mol. The molecule has 0 atom stereocenters. The molecule has 0 fully saturated rings. The molecule has 0 radical (unpaired) electrons. The second kappa shape index (κ2) is 6.18. The molecule has 7 nitrogen and oxygen atoms in total. The fourth-order valence-electron chi connectivity index (χ4n) is 2.12. The molecule has 3 aromatic rings. The Labute approximate surface area is 135 Å². The summed E-state index contributed by atoms with van der Waals surface area (Å²) in [6, 6.07) is 5.70. The Hall–Kier alpha value is -2.35. The van der Waals surface area contributed by atoms with Gasteiger partial charge in [0.1, 0.15) is 17.8 Å². The third kappa shape index (κ3) is 2.69. The fraction of sp³-hybridized carbons (Fsp3) is 0.214. The molecule has 0 aliphatic heterocycles. The zero-order chi connectivity index (χ0) is 15.5. The number of nitrogens with zero attached hydrogens (tertiary/aromatic N) is 5. The quantitative estimate of drug-likeness (QED) is 0.648. The van der Waals surface area contributed by atoms with E-state index in [1.165, 1.54) is 6.33 Å². The van der Waals surface area contributed by atoms with Crippen LogP contribution in [0.2, 0.25) is 0 Å². The Bertz CT molecular complexity index is 792. The van der Waals surface area contributed by atoms with Gasteiger partial charge in [-0.25, -0.2) is 14.5 Å². The van der Waals surface area contributed by atoms with E-state index in [-0.39, 0.29) is 0 Å². The third-order valence-corrected chi connectivity index (χ3v) is 3.80. The number of fused-ring (bicyclic) bond motifs is 1. The van der Waals surface area contributed by atoms with E-state index in [1.54, 1.807) is 31.1 Å². The zero-order valence-electron chi connectivity index (χ0n) is 12.1. The number of hydrogen-bond acceptors (Lipinski definition) is 6. The number of rotatable bonds is 5. The lowest BCUT2D eigenvalue weighted by Gasteiger charge is -2.17. The van der Waals surface area contributed by atoms with Gasteiger partial charge in [-0.1, -0.05) is 0 Å². The summed E-state index contributed by atoms with van der Waals surface area (Å²) in [5.74, 6) is 2.18. The Morgan fingerprint density at radius 1 is 1.23 bits per heavy atom. The van der Waals surface area contributed by atoms with Gasteiger partial charge in [0.2, 0.25) is 0 Å². The van der Waals surface area contributed by atoms with Crippen molar-refractivity contribution < 1.29 is 9.47 Å². The number of aromatic nitrogens is 4. The summed E-state index contributed by atoms with van der Waals surface area (Å²) in [4.78, 5) is 8.57. The number of hydrogen-bond donors (Lipinski definition) is 0. The normalized spacial score (nSPS) is 10.7. The molecule has 2 aromatic heterocycles. The first kappa shape index (κ1) is 14.6. The van der Waals surface area contributed by atoms with Crippen LogP contribution < -0.4 is 13.4 Å². The van der Waals surface area contributed by atoms with Gasteiger partial charge < -0.3 is 9.47 Å². The van der Waals surface area contributed by atoms with Crippen LogP contribution in [0.25, 0.3) is 5.65 Å². The highest BCUT2D eigenvalue weighted by Crippen LogP contribution is 2.29. The Morgan fingerprint density at radius 2 is 2.09 bits per heavy atom. The largest absolute Gasteiger partial charge is 0.497 e. The Balaban J connectivity index is 1.91. The van der Waals surface area contributed by atoms with Crippen molar-refractivity contribution in [3.8, 4) is 11.5 Å². The molecule has 0 spiro atoms. The SMILES string of the molecule is COc1ccc(CN(Br)c2nccn3ncnc23)c(OC)c1. The van der Waals surface area contributed by atoms with Crippen molar-refractivity contribution in [1.29, 1.82) is 0 Å². The molecule has 0 unspecified atom stereocenters. The minimum Gasteiger partial charge on any atom is -0.497 e. The van der Waals surface area contributed by atoms with Gasteiger partial charge in [-0.3, -0.25) is 3.93 Å². The first-order chi connectivity index (χ1) is 10.7. The number of ether oxygens (including phenoxy) is 2. The number of halogens is 1. The minimum atomic E-state index is 0.548. The molecule has 0 saturated heterocycles. The lowest BCUT2D eigenvalue weighted by atomic mass is 10.2. The van der Waals surface area contributed by atoms with Gasteiger partial charge >= 0.3 is 0 Å². The van der Waals surface area contributed by atoms with Crippen LogP contribution in [0.3, 0.4) is 0 Å². The van der Waals surface area contributed by atoms with Gasteiger partial charge in [0.25, 0.3) is 0 Å². The van der Waals surface area contributed by atoms with Crippen molar-refractivity contribution in [2.75, 3.05) is 18.1 Å². The molecule has 22 heavy (non-hydrogen) atoms. The molecule has 8 heteroatoms. The Kier molecular flexibility index (Phi) is 4.10. The van der Waals surface area contributed by atoms with Crippen molar-refractivity contribution in [1.82, 2.24) is 19.6 Å². The molecule has 0 saturated carbocycles. The maximum atomic E-state index is 5.42. The summed E-state index contributed by atoms with van der Waals surface area (Å²) < 4.78 is 14.1. The van der Waals surface area contributed by atoms with Crippen LogP contribution in [0, 0.1) is 0 Å². The van der Waals surface area contributed by atoms with E-state index in [0.717, 1.165) is 17.1 Å². The number of methoxy groups -OCH3 is 2. The summed E-state index contributed by atoms with van der Waals surface area (Å²) in [6.07, 6.45) is 4.92. The van der Waals surface area contributed by atoms with Crippen LogP contribution >= 0.6 is 16.1 Å². The fourth-order valence-corrected chi connectivity index (χ4v) is 2.64. The highest BCUT2D eigenvalue weighted by atomic mass is 79.9. The molecule has 3 rings (SSSR count). The molecule has 0 N–H and O–H groups in total. The first-order valence-corrected chi connectivity index (χ1v) is 7.22. The molecule has 114 valence electrons. The lowest BCUT2D eigenvalue weighted by molar-refractivity contribution is 0.391. The van der Waals surface area contributed by atoms with Crippen molar-refractivity contribution in [2.24, 2.45) is 0 Å². The monoisotopic (exact) mass is 363 g/mol. The van der Waals surface area contributed by atoms with Gasteiger partial charge in [0, 0.05) is 24.0 Å². The van der Waals surface area contributed by atoms with Crippen LogP contribution in [0.1, 0.15) is 5.56 Å². The van der Waals surface area contributed by atoms with Gasteiger partial charge in [-0.2, -0.15) is 5.10 Å². The molecule has 0 bridgehead atoms. The maximum Gasteiger partial charge on any atom is 0.199 e. The van der Waals surface area contributed by atoms with Crippen LogP contribution in [-0.4, -0.2) is 33.8 Å². The summed E-state index contributed by atoms with van der Waals surface area (Å²) in [6.45, 7) is 0.548. The highest BCUT2D eigenvalue weighted by molar-refractivity contribution is 9.10. The standard InChI is InChI=1S/C14H14BrN5O2/c1-21-11-4-3-10(12(7-11)22-2)8-19(15)13-14-17-9-18-20(14)6-5-16-13/h3-7,9H,8H2,1-2H3. The Morgan fingerprint density at radius 3 is 2.86 bits per heavy atom. The van der Waals surface area contributed by atoms with Gasteiger partial charge in [0.05, 0.1) is 36.9 Å². The maximum absolute atomic E-state index is 5.42. The van der Waals surface area contributed by atoms with Crippen LogP contribution in [0.15, 0.2) is 36.9 Å². The van der Waals surface area contributed by atoms with Crippen LogP contribution in [0.4, 0.5) is 5.82 Å². The summed E-state index contributed by atoms with van der Waals surface area (Å²) >= 11 is 3.53.